The van der Waals surface area contributed by atoms with E-state index in [9.17, 15) is 0 Å². The van der Waals surface area contributed by atoms with Crippen LogP contribution in [0.15, 0.2) is 30.5 Å². The van der Waals surface area contributed by atoms with E-state index in [1.54, 1.807) is 0 Å². The second kappa shape index (κ2) is 7.22. The zero-order valence-corrected chi connectivity index (χ0v) is 12.3. The normalized spacial score (nSPS) is 10.6. The van der Waals surface area contributed by atoms with E-state index in [1.807, 2.05) is 37.4 Å². The lowest BCUT2D eigenvalue weighted by Gasteiger charge is -2.12. The van der Waals surface area contributed by atoms with Crippen molar-refractivity contribution in [3.63, 3.8) is 0 Å². The van der Waals surface area contributed by atoms with Crippen molar-refractivity contribution in [2.24, 2.45) is 5.73 Å². The minimum Gasteiger partial charge on any atom is -0.382 e. The van der Waals surface area contributed by atoms with Crippen LogP contribution in [-0.4, -0.2) is 23.1 Å². The number of hydrogen-bond donors (Lipinski definition) is 2. The van der Waals surface area contributed by atoms with Gasteiger partial charge in [0.1, 0.15) is 5.82 Å². The van der Waals surface area contributed by atoms with Crippen molar-refractivity contribution in [3.8, 4) is 11.3 Å². The Labute approximate surface area is 124 Å². The number of anilines is 1. The van der Waals surface area contributed by atoms with Gasteiger partial charge in [0.15, 0.2) is 0 Å². The fourth-order valence-corrected chi connectivity index (χ4v) is 2.09. The molecule has 0 unspecified atom stereocenters. The molecule has 2 rings (SSSR count). The van der Waals surface area contributed by atoms with Gasteiger partial charge in [0.05, 0.1) is 17.6 Å². The maximum absolute atomic E-state index is 6.07. The SMILES string of the molecule is CCc1ncc(NCCCN)c(-c2cccc(Cl)c2)n1. The summed E-state index contributed by atoms with van der Waals surface area (Å²) in [6.07, 6.45) is 3.54. The number of benzene rings is 1. The average Bonchev–Trinajstić information content (AvgIpc) is 2.48. The van der Waals surface area contributed by atoms with Crippen LogP contribution in [0, 0.1) is 0 Å². The summed E-state index contributed by atoms with van der Waals surface area (Å²) in [6.45, 7) is 3.50. The van der Waals surface area contributed by atoms with Gasteiger partial charge < -0.3 is 11.1 Å². The zero-order chi connectivity index (χ0) is 14.4. The molecule has 1 heterocycles. The summed E-state index contributed by atoms with van der Waals surface area (Å²) in [5.74, 6) is 0.823. The molecule has 0 amide bonds. The van der Waals surface area contributed by atoms with Gasteiger partial charge in [-0.3, -0.25) is 0 Å². The van der Waals surface area contributed by atoms with Gasteiger partial charge in [-0.25, -0.2) is 9.97 Å². The van der Waals surface area contributed by atoms with Crippen LogP contribution < -0.4 is 11.1 Å². The van der Waals surface area contributed by atoms with E-state index < -0.39 is 0 Å². The summed E-state index contributed by atoms with van der Waals surface area (Å²) in [7, 11) is 0. The van der Waals surface area contributed by atoms with Gasteiger partial charge in [-0.05, 0) is 25.1 Å². The Hall–Kier alpha value is -1.65. The molecule has 0 bridgehead atoms. The Morgan fingerprint density at radius 3 is 2.90 bits per heavy atom. The number of nitrogens with one attached hydrogen (secondary N) is 1. The van der Waals surface area contributed by atoms with Crippen molar-refractivity contribution in [1.82, 2.24) is 9.97 Å². The molecule has 20 heavy (non-hydrogen) atoms. The molecule has 0 fully saturated rings. The summed E-state index contributed by atoms with van der Waals surface area (Å²) < 4.78 is 0. The molecule has 0 spiro atoms. The molecule has 0 aliphatic carbocycles. The van der Waals surface area contributed by atoms with Crippen LogP contribution in [0.2, 0.25) is 5.02 Å². The lowest BCUT2D eigenvalue weighted by Crippen LogP contribution is -2.10. The van der Waals surface area contributed by atoms with E-state index >= 15 is 0 Å². The Balaban J connectivity index is 2.36. The molecule has 0 saturated carbocycles. The first-order chi connectivity index (χ1) is 9.74. The van der Waals surface area contributed by atoms with Crippen LogP contribution >= 0.6 is 11.6 Å². The molecule has 0 aliphatic heterocycles. The van der Waals surface area contributed by atoms with Gasteiger partial charge in [0, 0.05) is 23.6 Å². The molecule has 1 aromatic carbocycles. The van der Waals surface area contributed by atoms with E-state index in [0.717, 1.165) is 42.2 Å². The van der Waals surface area contributed by atoms with Crippen molar-refractivity contribution in [2.45, 2.75) is 19.8 Å². The quantitative estimate of drug-likeness (QED) is 0.802. The smallest absolute Gasteiger partial charge is 0.128 e. The first-order valence-corrected chi connectivity index (χ1v) is 7.18. The van der Waals surface area contributed by atoms with E-state index in [2.05, 4.69) is 15.3 Å². The third-order valence-electron chi connectivity index (χ3n) is 2.95. The molecular formula is C15H19ClN4. The number of aryl methyl sites for hydroxylation is 1. The third kappa shape index (κ3) is 3.68. The first-order valence-electron chi connectivity index (χ1n) is 6.80. The van der Waals surface area contributed by atoms with Crippen LogP contribution in [0.3, 0.4) is 0 Å². The van der Waals surface area contributed by atoms with Crippen molar-refractivity contribution in [2.75, 3.05) is 18.4 Å². The number of aromatic nitrogens is 2. The van der Waals surface area contributed by atoms with Gasteiger partial charge in [0.2, 0.25) is 0 Å². The number of rotatable bonds is 6. The van der Waals surface area contributed by atoms with Gasteiger partial charge >= 0.3 is 0 Å². The molecule has 0 saturated heterocycles. The summed E-state index contributed by atoms with van der Waals surface area (Å²) >= 11 is 6.07. The van der Waals surface area contributed by atoms with E-state index in [4.69, 9.17) is 17.3 Å². The molecule has 2 aromatic rings. The summed E-state index contributed by atoms with van der Waals surface area (Å²) in [6, 6.07) is 7.70. The molecule has 106 valence electrons. The van der Waals surface area contributed by atoms with Gasteiger partial charge in [-0.2, -0.15) is 0 Å². The standard InChI is InChI=1S/C15H19ClN4/c1-2-14-19-10-13(18-8-4-7-17)15(20-14)11-5-3-6-12(16)9-11/h3,5-6,9-10,18H,2,4,7-8,17H2,1H3. The monoisotopic (exact) mass is 290 g/mol. The second-order valence-corrected chi connectivity index (χ2v) is 4.92. The van der Waals surface area contributed by atoms with Crippen LogP contribution in [0.1, 0.15) is 19.2 Å². The fourth-order valence-electron chi connectivity index (χ4n) is 1.90. The highest BCUT2D eigenvalue weighted by Gasteiger charge is 2.09. The highest BCUT2D eigenvalue weighted by molar-refractivity contribution is 6.30. The second-order valence-electron chi connectivity index (χ2n) is 4.48. The molecule has 5 heteroatoms. The van der Waals surface area contributed by atoms with Crippen molar-refractivity contribution >= 4 is 17.3 Å². The minimum atomic E-state index is 0.660. The molecule has 0 atom stereocenters. The van der Waals surface area contributed by atoms with E-state index in [1.165, 1.54) is 0 Å². The maximum atomic E-state index is 6.07. The molecule has 1 aromatic heterocycles. The van der Waals surface area contributed by atoms with Gasteiger partial charge in [0.25, 0.3) is 0 Å². The van der Waals surface area contributed by atoms with Crippen LogP contribution in [-0.2, 0) is 6.42 Å². The molecule has 0 aliphatic rings. The highest BCUT2D eigenvalue weighted by atomic mass is 35.5. The van der Waals surface area contributed by atoms with Crippen LogP contribution in [0.5, 0.6) is 0 Å². The topological polar surface area (TPSA) is 63.8 Å². The Kier molecular flexibility index (Phi) is 5.32. The molecule has 4 nitrogen and oxygen atoms in total. The van der Waals surface area contributed by atoms with E-state index in [-0.39, 0.29) is 0 Å². The predicted molar refractivity (Wildman–Crippen MR) is 84.0 cm³/mol. The Morgan fingerprint density at radius 2 is 2.20 bits per heavy atom. The van der Waals surface area contributed by atoms with Crippen molar-refractivity contribution in [3.05, 3.63) is 41.3 Å². The van der Waals surface area contributed by atoms with Crippen LogP contribution in [0.25, 0.3) is 11.3 Å². The van der Waals surface area contributed by atoms with Gasteiger partial charge in [-0.15, -0.1) is 0 Å². The van der Waals surface area contributed by atoms with E-state index in [0.29, 0.717) is 11.6 Å². The number of hydrogen-bond acceptors (Lipinski definition) is 4. The van der Waals surface area contributed by atoms with Gasteiger partial charge in [-0.1, -0.05) is 30.7 Å². The minimum absolute atomic E-state index is 0.660. The Bertz CT molecular complexity index is 572. The lowest BCUT2D eigenvalue weighted by atomic mass is 10.1. The summed E-state index contributed by atoms with van der Waals surface area (Å²) in [5, 5.41) is 4.04. The maximum Gasteiger partial charge on any atom is 0.128 e. The molecule has 0 radical (unpaired) electrons. The fraction of sp³-hybridized carbons (Fsp3) is 0.333. The summed E-state index contributed by atoms with van der Waals surface area (Å²) in [5.41, 5.74) is 8.31. The number of halogens is 1. The predicted octanol–water partition coefficient (Wildman–Crippen LogP) is 3.12. The summed E-state index contributed by atoms with van der Waals surface area (Å²) in [4.78, 5) is 8.96. The van der Waals surface area contributed by atoms with Crippen molar-refractivity contribution in [1.29, 1.82) is 0 Å². The molecule has 3 N–H and O–H groups in total. The average molecular weight is 291 g/mol. The first kappa shape index (κ1) is 14.8. The zero-order valence-electron chi connectivity index (χ0n) is 11.6. The number of nitrogens with two attached hydrogens (primary N) is 1. The lowest BCUT2D eigenvalue weighted by molar-refractivity contribution is 0.869. The third-order valence-corrected chi connectivity index (χ3v) is 3.18. The molecular weight excluding hydrogens is 272 g/mol. The van der Waals surface area contributed by atoms with Crippen LogP contribution in [0.4, 0.5) is 5.69 Å². The largest absolute Gasteiger partial charge is 0.382 e. The Morgan fingerprint density at radius 1 is 1.35 bits per heavy atom. The highest BCUT2D eigenvalue weighted by Crippen LogP contribution is 2.27. The van der Waals surface area contributed by atoms with Crippen molar-refractivity contribution < 1.29 is 0 Å². The number of nitrogens with zero attached hydrogens (tertiary/aromatic N) is 2.